The minimum absolute atomic E-state index is 0.0743. The Bertz CT molecular complexity index is 1310. The summed E-state index contributed by atoms with van der Waals surface area (Å²) in [7, 11) is 0. The van der Waals surface area contributed by atoms with Crippen LogP contribution in [-0.4, -0.2) is 37.2 Å². The van der Waals surface area contributed by atoms with Gasteiger partial charge in [0.25, 0.3) is 0 Å². The summed E-state index contributed by atoms with van der Waals surface area (Å²) < 4.78 is 16.9. The number of hydrogen-bond donors (Lipinski definition) is 0. The van der Waals surface area contributed by atoms with Crippen LogP contribution in [0.5, 0.6) is 0 Å². The van der Waals surface area contributed by atoms with Crippen molar-refractivity contribution in [2.75, 3.05) is 13.2 Å². The molecule has 0 saturated carbocycles. The zero-order valence-corrected chi connectivity index (χ0v) is 51.0. The van der Waals surface area contributed by atoms with Gasteiger partial charge in [-0.3, -0.25) is 14.4 Å². The van der Waals surface area contributed by atoms with E-state index in [9.17, 15) is 14.4 Å². The van der Waals surface area contributed by atoms with Crippen molar-refractivity contribution in [3.05, 3.63) is 48.6 Å². The maximum Gasteiger partial charge on any atom is 0.306 e. The maximum absolute atomic E-state index is 12.9. The first-order valence-electron chi connectivity index (χ1n) is 33.6. The molecular weight excluding hydrogens is 937 g/mol. The summed E-state index contributed by atoms with van der Waals surface area (Å²) >= 11 is 0. The van der Waals surface area contributed by atoms with Gasteiger partial charge in [0.1, 0.15) is 13.2 Å². The largest absolute Gasteiger partial charge is 0.462 e. The summed E-state index contributed by atoms with van der Waals surface area (Å²) in [5.74, 6) is -0.868. The first-order valence-corrected chi connectivity index (χ1v) is 33.6. The summed E-state index contributed by atoms with van der Waals surface area (Å²) in [4.78, 5) is 38.2. The Morgan fingerprint density at radius 1 is 0.263 bits per heavy atom. The second-order valence-electron chi connectivity index (χ2n) is 22.7. The van der Waals surface area contributed by atoms with Crippen molar-refractivity contribution in [3.8, 4) is 0 Å². The Morgan fingerprint density at radius 3 is 0.776 bits per heavy atom. The predicted molar refractivity (Wildman–Crippen MR) is 330 cm³/mol. The van der Waals surface area contributed by atoms with Crippen molar-refractivity contribution >= 4 is 17.9 Å². The van der Waals surface area contributed by atoms with Crippen LogP contribution in [0.3, 0.4) is 0 Å². The second kappa shape index (κ2) is 64.9. The lowest BCUT2D eigenvalue weighted by Gasteiger charge is -2.18. The van der Waals surface area contributed by atoms with E-state index in [-0.39, 0.29) is 31.1 Å². The summed E-state index contributed by atoms with van der Waals surface area (Å²) in [5, 5.41) is 0. The number of carbonyl (C=O) groups excluding carboxylic acids is 3. The van der Waals surface area contributed by atoms with E-state index in [1.54, 1.807) is 0 Å². The third-order valence-electron chi connectivity index (χ3n) is 15.1. The van der Waals surface area contributed by atoms with E-state index in [1.165, 1.54) is 244 Å². The maximum atomic E-state index is 12.9. The molecule has 76 heavy (non-hydrogen) atoms. The average molecular weight is 1070 g/mol. The Morgan fingerprint density at radius 2 is 0.474 bits per heavy atom. The van der Waals surface area contributed by atoms with Gasteiger partial charge >= 0.3 is 17.9 Å². The number of carbonyl (C=O) groups is 3. The fraction of sp³-hybridized carbons (Fsp3) is 0.843. The van der Waals surface area contributed by atoms with Crippen molar-refractivity contribution in [3.63, 3.8) is 0 Å². The molecule has 0 aromatic carbocycles. The minimum atomic E-state index is -0.777. The zero-order valence-electron chi connectivity index (χ0n) is 51.0. The van der Waals surface area contributed by atoms with Crippen molar-refractivity contribution in [2.45, 2.75) is 367 Å². The van der Waals surface area contributed by atoms with E-state index in [0.29, 0.717) is 19.3 Å². The van der Waals surface area contributed by atoms with Gasteiger partial charge < -0.3 is 14.2 Å². The molecule has 0 aromatic rings. The number of rotatable bonds is 62. The molecule has 6 heteroatoms. The van der Waals surface area contributed by atoms with Crippen LogP contribution < -0.4 is 0 Å². The van der Waals surface area contributed by atoms with Crippen LogP contribution in [0.4, 0.5) is 0 Å². The van der Waals surface area contributed by atoms with Crippen LogP contribution in [0.15, 0.2) is 48.6 Å². The summed E-state index contributed by atoms with van der Waals surface area (Å²) in [6.07, 6.45) is 81.4. The van der Waals surface area contributed by atoms with Crippen LogP contribution in [0.2, 0.25) is 0 Å². The Balaban J connectivity index is 4.15. The quantitative estimate of drug-likeness (QED) is 0.0261. The molecule has 0 amide bonds. The van der Waals surface area contributed by atoms with Crippen LogP contribution in [0.25, 0.3) is 0 Å². The van der Waals surface area contributed by atoms with Gasteiger partial charge in [-0.05, 0) is 83.5 Å². The lowest BCUT2D eigenvalue weighted by molar-refractivity contribution is -0.167. The minimum Gasteiger partial charge on any atom is -0.462 e. The summed E-state index contributed by atoms with van der Waals surface area (Å²) in [5.41, 5.74) is 0. The Kier molecular flexibility index (Phi) is 62.6. The highest BCUT2D eigenvalue weighted by molar-refractivity contribution is 5.71. The van der Waals surface area contributed by atoms with E-state index in [2.05, 4.69) is 69.4 Å². The van der Waals surface area contributed by atoms with Gasteiger partial charge in [-0.15, -0.1) is 0 Å². The molecule has 0 radical (unpaired) electrons. The average Bonchev–Trinajstić information content (AvgIpc) is 3.42. The van der Waals surface area contributed by atoms with E-state index in [4.69, 9.17) is 14.2 Å². The Hall–Kier alpha value is -2.63. The molecule has 444 valence electrons. The fourth-order valence-corrected chi connectivity index (χ4v) is 9.98. The molecule has 0 heterocycles. The van der Waals surface area contributed by atoms with E-state index in [0.717, 1.165) is 77.0 Å². The molecule has 0 spiro atoms. The van der Waals surface area contributed by atoms with Crippen molar-refractivity contribution in [2.24, 2.45) is 0 Å². The molecule has 0 aliphatic heterocycles. The van der Waals surface area contributed by atoms with Gasteiger partial charge in [0.2, 0.25) is 0 Å². The van der Waals surface area contributed by atoms with E-state index >= 15 is 0 Å². The molecule has 0 aromatic heterocycles. The molecule has 0 N–H and O–H groups in total. The fourth-order valence-electron chi connectivity index (χ4n) is 9.98. The van der Waals surface area contributed by atoms with Crippen LogP contribution in [-0.2, 0) is 28.6 Å². The molecule has 0 rings (SSSR count). The number of unbranched alkanes of at least 4 members (excludes halogenated alkanes) is 43. The first-order chi connectivity index (χ1) is 37.5. The Labute approximate surface area is 473 Å². The smallest absolute Gasteiger partial charge is 0.306 e. The normalized spacial score (nSPS) is 12.3. The van der Waals surface area contributed by atoms with Crippen molar-refractivity contribution in [1.82, 2.24) is 0 Å². The van der Waals surface area contributed by atoms with Gasteiger partial charge in [0.05, 0.1) is 0 Å². The summed E-state index contributed by atoms with van der Waals surface area (Å²) in [6.45, 7) is 6.64. The highest BCUT2D eigenvalue weighted by Crippen LogP contribution is 2.18. The highest BCUT2D eigenvalue weighted by Gasteiger charge is 2.19. The van der Waals surface area contributed by atoms with E-state index in [1.807, 2.05) is 0 Å². The van der Waals surface area contributed by atoms with Crippen molar-refractivity contribution < 1.29 is 28.6 Å². The topological polar surface area (TPSA) is 78.9 Å². The molecule has 1 atom stereocenters. The predicted octanol–water partition coefficient (Wildman–Crippen LogP) is 22.9. The number of esters is 3. The lowest BCUT2D eigenvalue weighted by atomic mass is 10.0. The number of allylic oxidation sites excluding steroid dienone is 8. The molecule has 0 saturated heterocycles. The number of hydrogen-bond acceptors (Lipinski definition) is 6. The molecule has 1 unspecified atom stereocenters. The van der Waals surface area contributed by atoms with E-state index < -0.39 is 6.10 Å². The molecule has 0 fully saturated rings. The molecular formula is C70H128O6. The number of ether oxygens (including phenoxy) is 3. The van der Waals surface area contributed by atoms with Gasteiger partial charge in [-0.25, -0.2) is 0 Å². The standard InChI is InChI=1S/C70H128O6/c1-4-7-10-13-16-19-22-24-26-28-30-31-32-33-34-35-36-37-38-39-41-42-44-46-48-51-54-57-60-63-69(72)75-66-67(65-74-68(71)62-59-56-53-50-21-18-15-12-9-6-3)76-70(73)64-61-58-55-52-49-47-45-43-40-29-27-25-23-20-17-14-11-8-5-2/h17,20,25,27-28,30,40,43,67H,4-16,18-19,21-24,26,29,31-39,41-42,44-66H2,1-3H3/b20-17-,27-25-,30-28-,43-40-. The van der Waals surface area contributed by atoms with Gasteiger partial charge in [0.15, 0.2) is 6.10 Å². The van der Waals surface area contributed by atoms with Crippen LogP contribution >= 0.6 is 0 Å². The third-order valence-corrected chi connectivity index (χ3v) is 15.1. The second-order valence-corrected chi connectivity index (χ2v) is 22.7. The molecule has 6 nitrogen and oxygen atoms in total. The van der Waals surface area contributed by atoms with Crippen LogP contribution in [0, 0.1) is 0 Å². The van der Waals surface area contributed by atoms with Gasteiger partial charge in [-0.1, -0.05) is 307 Å². The zero-order chi connectivity index (χ0) is 55.0. The SMILES string of the molecule is CCCCC/C=C\C/C=C\C/C=C\CCCCCCCCC(=O)OC(COC(=O)CCCCCCCCCCCC)COC(=O)CCCCCCCCCCCCCCCCCCC/C=C\CCCCCCCCCC. The lowest BCUT2D eigenvalue weighted by Crippen LogP contribution is -2.30. The highest BCUT2D eigenvalue weighted by atomic mass is 16.6. The first kappa shape index (κ1) is 73.4. The summed E-state index contributed by atoms with van der Waals surface area (Å²) in [6, 6.07) is 0. The van der Waals surface area contributed by atoms with Gasteiger partial charge in [-0.2, -0.15) is 0 Å². The molecule has 0 bridgehead atoms. The monoisotopic (exact) mass is 1060 g/mol. The molecule has 0 aliphatic rings. The van der Waals surface area contributed by atoms with Crippen LogP contribution in [0.1, 0.15) is 361 Å². The van der Waals surface area contributed by atoms with Gasteiger partial charge in [0, 0.05) is 19.3 Å². The van der Waals surface area contributed by atoms with Crippen molar-refractivity contribution in [1.29, 1.82) is 0 Å². The molecule has 0 aliphatic carbocycles. The third kappa shape index (κ3) is 62.2.